The lowest BCUT2D eigenvalue weighted by Gasteiger charge is -2.08. The lowest BCUT2D eigenvalue weighted by atomic mass is 9.99. The van der Waals surface area contributed by atoms with Crippen molar-refractivity contribution in [2.24, 2.45) is 0 Å². The van der Waals surface area contributed by atoms with Gasteiger partial charge in [-0.25, -0.2) is 9.18 Å². The van der Waals surface area contributed by atoms with Crippen LogP contribution >= 0.6 is 15.9 Å². The van der Waals surface area contributed by atoms with Gasteiger partial charge in [0.05, 0.1) is 5.56 Å². The van der Waals surface area contributed by atoms with Crippen LogP contribution in [0.15, 0.2) is 46.9 Å². The van der Waals surface area contributed by atoms with Gasteiger partial charge in [-0.2, -0.15) is 0 Å². The molecule has 0 saturated carbocycles. The Balaban J connectivity index is 2.70. The van der Waals surface area contributed by atoms with Gasteiger partial charge in [-0.15, -0.1) is 0 Å². The molecule has 0 saturated heterocycles. The summed E-state index contributed by atoms with van der Waals surface area (Å²) >= 11 is 3.33. The van der Waals surface area contributed by atoms with Crippen LogP contribution in [0.2, 0.25) is 0 Å². The molecule has 17 heavy (non-hydrogen) atoms. The third-order valence-corrected chi connectivity index (χ3v) is 3.07. The zero-order chi connectivity index (χ0) is 12.4. The van der Waals surface area contributed by atoms with E-state index in [4.69, 9.17) is 5.11 Å². The Morgan fingerprint density at radius 2 is 1.82 bits per heavy atom. The molecule has 0 aliphatic rings. The highest BCUT2D eigenvalue weighted by molar-refractivity contribution is 9.10. The Morgan fingerprint density at radius 3 is 2.47 bits per heavy atom. The van der Waals surface area contributed by atoms with E-state index in [9.17, 15) is 9.18 Å². The van der Waals surface area contributed by atoms with Crippen molar-refractivity contribution in [1.29, 1.82) is 0 Å². The molecule has 0 aliphatic carbocycles. The zero-order valence-electron chi connectivity index (χ0n) is 8.65. The summed E-state index contributed by atoms with van der Waals surface area (Å²) in [4.78, 5) is 11.1. The maximum Gasteiger partial charge on any atom is 0.336 e. The minimum Gasteiger partial charge on any atom is -0.478 e. The van der Waals surface area contributed by atoms with E-state index in [1.807, 2.05) is 6.07 Å². The largest absolute Gasteiger partial charge is 0.478 e. The minimum absolute atomic E-state index is 0.0818. The predicted octanol–water partition coefficient (Wildman–Crippen LogP) is 3.95. The summed E-state index contributed by atoms with van der Waals surface area (Å²) in [5, 5.41) is 9.07. The lowest BCUT2D eigenvalue weighted by molar-refractivity contribution is 0.0697. The van der Waals surface area contributed by atoms with Gasteiger partial charge < -0.3 is 5.11 Å². The molecule has 2 nitrogen and oxygen atoms in total. The molecule has 2 aromatic rings. The molecule has 86 valence electrons. The molecule has 0 aliphatic heterocycles. The van der Waals surface area contributed by atoms with Gasteiger partial charge >= 0.3 is 5.97 Å². The molecule has 2 rings (SSSR count). The van der Waals surface area contributed by atoms with Crippen LogP contribution in [0, 0.1) is 5.82 Å². The second-order valence-electron chi connectivity index (χ2n) is 3.47. The molecule has 0 bridgehead atoms. The lowest BCUT2D eigenvalue weighted by Crippen LogP contribution is -2.00. The predicted molar refractivity (Wildman–Crippen MR) is 66.5 cm³/mol. The van der Waals surface area contributed by atoms with Crippen LogP contribution in [0.25, 0.3) is 11.1 Å². The quantitative estimate of drug-likeness (QED) is 0.910. The van der Waals surface area contributed by atoms with Gasteiger partial charge in [-0.3, -0.25) is 0 Å². The first-order chi connectivity index (χ1) is 8.09. The van der Waals surface area contributed by atoms with Crippen LogP contribution in [0.1, 0.15) is 10.4 Å². The number of hydrogen-bond acceptors (Lipinski definition) is 1. The van der Waals surface area contributed by atoms with E-state index in [1.165, 1.54) is 12.1 Å². The fourth-order valence-corrected chi connectivity index (χ4v) is 2.10. The topological polar surface area (TPSA) is 37.3 Å². The molecular formula is C13H8BrFO2. The van der Waals surface area contributed by atoms with Gasteiger partial charge in [0, 0.05) is 10.0 Å². The first-order valence-corrected chi connectivity index (χ1v) is 5.66. The standard InChI is InChI=1S/C13H8BrFO2/c14-12-4-2-1-3-9(12)11-7-8(15)5-6-10(11)13(16)17/h1-7H,(H,16,17). The molecule has 2 aromatic carbocycles. The van der Waals surface area contributed by atoms with Crippen LogP contribution in [0.5, 0.6) is 0 Å². The van der Waals surface area contributed by atoms with Gasteiger partial charge in [-0.05, 0) is 29.8 Å². The fraction of sp³-hybridized carbons (Fsp3) is 0. The van der Waals surface area contributed by atoms with Crippen LogP contribution in [-0.2, 0) is 0 Å². The number of carbonyl (C=O) groups is 1. The average molecular weight is 295 g/mol. The van der Waals surface area contributed by atoms with Gasteiger partial charge in [0.2, 0.25) is 0 Å². The van der Waals surface area contributed by atoms with E-state index >= 15 is 0 Å². The summed E-state index contributed by atoms with van der Waals surface area (Å²) in [5.74, 6) is -1.53. The van der Waals surface area contributed by atoms with Gasteiger partial charge in [-0.1, -0.05) is 34.1 Å². The van der Waals surface area contributed by atoms with Crippen molar-refractivity contribution in [2.75, 3.05) is 0 Å². The van der Waals surface area contributed by atoms with Crippen LogP contribution in [-0.4, -0.2) is 11.1 Å². The van der Waals surface area contributed by atoms with Crippen molar-refractivity contribution in [3.05, 3.63) is 58.3 Å². The molecule has 4 heteroatoms. The summed E-state index contributed by atoms with van der Waals surface area (Å²) < 4.78 is 13.9. The summed E-state index contributed by atoms with van der Waals surface area (Å²) in [5.41, 5.74) is 1.10. The maximum atomic E-state index is 13.2. The van der Waals surface area contributed by atoms with E-state index in [2.05, 4.69) is 15.9 Å². The van der Waals surface area contributed by atoms with Gasteiger partial charge in [0.25, 0.3) is 0 Å². The minimum atomic E-state index is -1.07. The van der Waals surface area contributed by atoms with Crippen molar-refractivity contribution in [3.63, 3.8) is 0 Å². The molecule has 0 amide bonds. The molecule has 0 fully saturated rings. The monoisotopic (exact) mass is 294 g/mol. The fourth-order valence-electron chi connectivity index (χ4n) is 1.61. The summed E-state index contributed by atoms with van der Waals surface area (Å²) in [7, 11) is 0. The van der Waals surface area contributed by atoms with E-state index < -0.39 is 11.8 Å². The number of benzene rings is 2. The highest BCUT2D eigenvalue weighted by Crippen LogP contribution is 2.31. The van der Waals surface area contributed by atoms with Crippen LogP contribution in [0.4, 0.5) is 4.39 Å². The van der Waals surface area contributed by atoms with Crippen molar-refractivity contribution in [3.8, 4) is 11.1 Å². The van der Waals surface area contributed by atoms with Gasteiger partial charge in [0.15, 0.2) is 0 Å². The first-order valence-electron chi connectivity index (χ1n) is 4.87. The third kappa shape index (κ3) is 2.36. The Bertz CT molecular complexity index is 581. The Kier molecular flexibility index (Phi) is 3.24. The summed E-state index contributed by atoms with van der Waals surface area (Å²) in [6, 6.07) is 10.8. The summed E-state index contributed by atoms with van der Waals surface area (Å²) in [6.45, 7) is 0. The van der Waals surface area contributed by atoms with Crippen molar-refractivity contribution >= 4 is 21.9 Å². The van der Waals surface area contributed by atoms with E-state index in [0.29, 0.717) is 11.1 Å². The van der Waals surface area contributed by atoms with Crippen LogP contribution in [0.3, 0.4) is 0 Å². The second kappa shape index (κ2) is 4.67. The highest BCUT2D eigenvalue weighted by atomic mass is 79.9. The number of rotatable bonds is 2. The van der Waals surface area contributed by atoms with Crippen molar-refractivity contribution in [2.45, 2.75) is 0 Å². The molecular weight excluding hydrogens is 287 g/mol. The Morgan fingerprint density at radius 1 is 1.12 bits per heavy atom. The SMILES string of the molecule is O=C(O)c1ccc(F)cc1-c1ccccc1Br. The molecule has 1 N–H and O–H groups in total. The Hall–Kier alpha value is -1.68. The van der Waals surface area contributed by atoms with E-state index in [-0.39, 0.29) is 5.56 Å². The van der Waals surface area contributed by atoms with Crippen LogP contribution < -0.4 is 0 Å². The smallest absolute Gasteiger partial charge is 0.336 e. The van der Waals surface area contributed by atoms with E-state index in [1.54, 1.807) is 18.2 Å². The number of carboxylic acids is 1. The number of aromatic carboxylic acids is 1. The zero-order valence-corrected chi connectivity index (χ0v) is 10.2. The Labute approximate surface area is 106 Å². The van der Waals surface area contributed by atoms with Crippen molar-refractivity contribution in [1.82, 2.24) is 0 Å². The number of hydrogen-bond donors (Lipinski definition) is 1. The maximum absolute atomic E-state index is 13.2. The average Bonchev–Trinajstić information content (AvgIpc) is 2.29. The molecule has 0 spiro atoms. The van der Waals surface area contributed by atoms with E-state index in [0.717, 1.165) is 10.5 Å². The van der Waals surface area contributed by atoms with Crippen molar-refractivity contribution < 1.29 is 14.3 Å². The highest BCUT2D eigenvalue weighted by Gasteiger charge is 2.14. The second-order valence-corrected chi connectivity index (χ2v) is 4.33. The molecule has 0 unspecified atom stereocenters. The number of halogens is 2. The molecule has 0 aromatic heterocycles. The molecule has 0 heterocycles. The van der Waals surface area contributed by atoms with Gasteiger partial charge in [0.1, 0.15) is 5.82 Å². The summed E-state index contributed by atoms with van der Waals surface area (Å²) in [6.07, 6.45) is 0. The first kappa shape index (κ1) is 11.8. The number of carboxylic acid groups (broad SMARTS) is 1. The molecule has 0 atom stereocenters. The third-order valence-electron chi connectivity index (χ3n) is 2.38. The normalized spacial score (nSPS) is 10.2. The molecule has 0 radical (unpaired) electrons.